The number of nitrogens with one attached hydrogen (secondary N) is 1. The number of benzene rings is 1. The van der Waals surface area contributed by atoms with Crippen molar-refractivity contribution in [2.75, 3.05) is 5.32 Å². The van der Waals surface area contributed by atoms with Crippen LogP contribution < -0.4 is 16.8 Å². The molecule has 0 atom stereocenters. The minimum absolute atomic E-state index is 0.246. The quantitative estimate of drug-likeness (QED) is 0.769. The van der Waals surface area contributed by atoms with Crippen LogP contribution in [-0.4, -0.2) is 11.8 Å². The molecule has 1 aromatic heterocycles. The van der Waals surface area contributed by atoms with Gasteiger partial charge in [-0.25, -0.2) is 0 Å². The van der Waals surface area contributed by atoms with Crippen LogP contribution in [0, 0.1) is 0 Å². The predicted molar refractivity (Wildman–Crippen MR) is 82.8 cm³/mol. The number of halogens is 1. The lowest BCUT2D eigenvalue weighted by Crippen LogP contribution is -2.16. The maximum atomic E-state index is 11.2. The first-order valence-corrected chi connectivity index (χ1v) is 7.34. The molecule has 5 N–H and O–H groups in total. The standard InChI is InChI=1S/C13H12BrN3O2S/c14-11-1-7(6-20-11)5-17-10-3-8(12(15)18)2-9(4-10)13(16)19/h1-4,6,17H,5H2,(H2,15,18)(H2,16,19). The van der Waals surface area contributed by atoms with Crippen molar-refractivity contribution in [3.05, 3.63) is 50.1 Å². The first-order chi connectivity index (χ1) is 9.45. The Labute approximate surface area is 128 Å². The van der Waals surface area contributed by atoms with Gasteiger partial charge in [-0.3, -0.25) is 9.59 Å². The number of thiophene rings is 1. The van der Waals surface area contributed by atoms with Gasteiger partial charge in [0.1, 0.15) is 0 Å². The Hall–Kier alpha value is -1.86. The van der Waals surface area contributed by atoms with E-state index in [-0.39, 0.29) is 11.1 Å². The molecule has 20 heavy (non-hydrogen) atoms. The molecule has 2 amide bonds. The first kappa shape index (κ1) is 14.5. The van der Waals surface area contributed by atoms with E-state index >= 15 is 0 Å². The van der Waals surface area contributed by atoms with Crippen LogP contribution in [0.2, 0.25) is 0 Å². The molecule has 0 saturated heterocycles. The number of carbonyl (C=O) groups is 2. The first-order valence-electron chi connectivity index (χ1n) is 5.67. The van der Waals surface area contributed by atoms with Crippen molar-refractivity contribution >= 4 is 44.8 Å². The van der Waals surface area contributed by atoms with E-state index in [1.54, 1.807) is 23.5 Å². The molecule has 7 heteroatoms. The van der Waals surface area contributed by atoms with Crippen molar-refractivity contribution in [3.8, 4) is 0 Å². The summed E-state index contributed by atoms with van der Waals surface area (Å²) in [6.45, 7) is 0.572. The molecule has 1 heterocycles. The molecule has 1 aromatic carbocycles. The third-order valence-corrected chi connectivity index (χ3v) is 4.17. The lowest BCUT2D eigenvalue weighted by molar-refractivity contribution is 0.0999. The second kappa shape index (κ2) is 6.06. The zero-order valence-electron chi connectivity index (χ0n) is 10.4. The van der Waals surface area contributed by atoms with E-state index in [0.717, 1.165) is 9.35 Å². The molecule has 0 aliphatic rings. The molecule has 2 aromatic rings. The van der Waals surface area contributed by atoms with E-state index < -0.39 is 11.8 Å². The lowest BCUT2D eigenvalue weighted by Gasteiger charge is -2.08. The van der Waals surface area contributed by atoms with Gasteiger partial charge in [-0.05, 0) is 51.1 Å². The van der Waals surface area contributed by atoms with Gasteiger partial charge in [0.25, 0.3) is 0 Å². The van der Waals surface area contributed by atoms with Gasteiger partial charge in [0.2, 0.25) is 11.8 Å². The van der Waals surface area contributed by atoms with Crippen molar-refractivity contribution in [1.29, 1.82) is 0 Å². The molecule has 0 saturated carbocycles. The third kappa shape index (κ3) is 3.58. The number of amides is 2. The fourth-order valence-electron chi connectivity index (χ4n) is 1.66. The van der Waals surface area contributed by atoms with Gasteiger partial charge in [-0.15, -0.1) is 11.3 Å². The Kier molecular flexibility index (Phi) is 4.41. The highest BCUT2D eigenvalue weighted by molar-refractivity contribution is 9.11. The summed E-state index contributed by atoms with van der Waals surface area (Å²) in [5.41, 5.74) is 12.7. The molecule has 0 radical (unpaired) electrons. The molecule has 0 spiro atoms. The summed E-state index contributed by atoms with van der Waals surface area (Å²) in [5.74, 6) is -1.20. The van der Waals surface area contributed by atoms with Gasteiger partial charge in [-0.1, -0.05) is 0 Å². The van der Waals surface area contributed by atoms with Crippen molar-refractivity contribution in [1.82, 2.24) is 0 Å². The van der Waals surface area contributed by atoms with Crippen LogP contribution in [0.25, 0.3) is 0 Å². The highest BCUT2D eigenvalue weighted by atomic mass is 79.9. The normalized spacial score (nSPS) is 10.2. The summed E-state index contributed by atoms with van der Waals surface area (Å²) in [4.78, 5) is 22.5. The molecule has 0 bridgehead atoms. The second-order valence-corrected chi connectivity index (χ2v) is 6.43. The zero-order valence-corrected chi connectivity index (χ0v) is 12.8. The van der Waals surface area contributed by atoms with Gasteiger partial charge < -0.3 is 16.8 Å². The summed E-state index contributed by atoms with van der Waals surface area (Å²) in [6.07, 6.45) is 0. The van der Waals surface area contributed by atoms with Crippen LogP contribution >= 0.6 is 27.3 Å². The van der Waals surface area contributed by atoms with E-state index in [0.29, 0.717) is 12.2 Å². The van der Waals surface area contributed by atoms with Crippen LogP contribution in [-0.2, 0) is 6.54 Å². The largest absolute Gasteiger partial charge is 0.381 e. The summed E-state index contributed by atoms with van der Waals surface area (Å²) < 4.78 is 1.04. The summed E-state index contributed by atoms with van der Waals surface area (Å²) >= 11 is 4.97. The SMILES string of the molecule is NC(=O)c1cc(NCc2csc(Br)c2)cc(C(N)=O)c1. The molecule has 104 valence electrons. The molecular weight excluding hydrogens is 342 g/mol. The van der Waals surface area contributed by atoms with Gasteiger partial charge in [-0.2, -0.15) is 0 Å². The van der Waals surface area contributed by atoms with Crippen LogP contribution in [0.15, 0.2) is 33.4 Å². The fourth-order valence-corrected chi connectivity index (χ4v) is 2.87. The summed E-state index contributed by atoms with van der Waals surface area (Å²) in [5, 5.41) is 5.14. The number of anilines is 1. The molecule has 5 nitrogen and oxygen atoms in total. The molecule has 0 aliphatic carbocycles. The fraction of sp³-hybridized carbons (Fsp3) is 0.0769. The monoisotopic (exact) mass is 353 g/mol. The van der Waals surface area contributed by atoms with Crippen LogP contribution in [0.5, 0.6) is 0 Å². The molecule has 0 unspecified atom stereocenters. The number of hydrogen-bond acceptors (Lipinski definition) is 4. The molecule has 0 fully saturated rings. The second-order valence-electron chi connectivity index (χ2n) is 4.14. The van der Waals surface area contributed by atoms with Crippen molar-refractivity contribution < 1.29 is 9.59 Å². The minimum Gasteiger partial charge on any atom is -0.381 e. The van der Waals surface area contributed by atoms with Crippen molar-refractivity contribution in [3.63, 3.8) is 0 Å². The Balaban J connectivity index is 2.21. The average Bonchev–Trinajstić information content (AvgIpc) is 2.81. The predicted octanol–water partition coefficient (Wildman–Crippen LogP) is 2.32. The van der Waals surface area contributed by atoms with Crippen LogP contribution in [0.4, 0.5) is 5.69 Å². The number of hydrogen-bond donors (Lipinski definition) is 3. The zero-order chi connectivity index (χ0) is 14.7. The highest BCUT2D eigenvalue weighted by Crippen LogP contribution is 2.22. The number of nitrogens with two attached hydrogens (primary N) is 2. The van der Waals surface area contributed by atoms with E-state index in [2.05, 4.69) is 21.2 Å². The van der Waals surface area contributed by atoms with Crippen molar-refractivity contribution in [2.45, 2.75) is 6.54 Å². The maximum Gasteiger partial charge on any atom is 0.248 e. The van der Waals surface area contributed by atoms with E-state index in [9.17, 15) is 9.59 Å². The Morgan fingerprint density at radius 3 is 2.15 bits per heavy atom. The number of carbonyl (C=O) groups excluding carboxylic acids is 2. The molecule has 2 rings (SSSR count). The van der Waals surface area contributed by atoms with Crippen LogP contribution in [0.3, 0.4) is 0 Å². The lowest BCUT2D eigenvalue weighted by atomic mass is 10.1. The molecule has 0 aliphatic heterocycles. The van der Waals surface area contributed by atoms with E-state index in [4.69, 9.17) is 11.5 Å². The van der Waals surface area contributed by atoms with E-state index in [1.807, 2.05) is 11.4 Å². The Bertz CT molecular complexity index is 637. The molecular formula is C13H12BrN3O2S. The Morgan fingerprint density at radius 1 is 1.10 bits per heavy atom. The maximum absolute atomic E-state index is 11.2. The Morgan fingerprint density at radius 2 is 1.70 bits per heavy atom. The average molecular weight is 354 g/mol. The summed E-state index contributed by atoms with van der Waals surface area (Å²) in [6, 6.07) is 6.56. The van der Waals surface area contributed by atoms with Crippen LogP contribution in [0.1, 0.15) is 26.3 Å². The third-order valence-electron chi connectivity index (χ3n) is 2.62. The van der Waals surface area contributed by atoms with Gasteiger partial charge in [0.05, 0.1) is 3.79 Å². The number of primary amides is 2. The number of rotatable bonds is 5. The van der Waals surface area contributed by atoms with Crippen molar-refractivity contribution in [2.24, 2.45) is 11.5 Å². The van der Waals surface area contributed by atoms with E-state index in [1.165, 1.54) is 6.07 Å². The topological polar surface area (TPSA) is 98.2 Å². The highest BCUT2D eigenvalue weighted by Gasteiger charge is 2.09. The minimum atomic E-state index is -0.602. The van der Waals surface area contributed by atoms with Gasteiger partial charge in [0.15, 0.2) is 0 Å². The summed E-state index contributed by atoms with van der Waals surface area (Å²) in [7, 11) is 0. The van der Waals surface area contributed by atoms with Gasteiger partial charge in [0, 0.05) is 23.4 Å². The smallest absolute Gasteiger partial charge is 0.248 e. The van der Waals surface area contributed by atoms with Gasteiger partial charge >= 0.3 is 0 Å².